The molecule has 11 heteroatoms. The Bertz CT molecular complexity index is 1160. The van der Waals surface area contributed by atoms with Crippen LogP contribution in [0.1, 0.15) is 20.8 Å². The predicted octanol–water partition coefficient (Wildman–Crippen LogP) is 6.52. The molecule has 0 fully saturated rings. The normalized spacial score (nSPS) is 12.2. The molecule has 174 valence electrons. The second-order valence-electron chi connectivity index (χ2n) is 7.72. The number of aromatic nitrogens is 2. The summed E-state index contributed by atoms with van der Waals surface area (Å²) in [5.74, 6) is -0.112. The van der Waals surface area contributed by atoms with Crippen LogP contribution in [-0.2, 0) is 0 Å². The number of rotatable bonds is 6. The molecular formula is C22H21Cl3FN5O2. The third-order valence-corrected chi connectivity index (χ3v) is 5.96. The van der Waals surface area contributed by atoms with Gasteiger partial charge in [-0.15, -0.1) is 0 Å². The van der Waals surface area contributed by atoms with Gasteiger partial charge < -0.3 is 15.7 Å². The van der Waals surface area contributed by atoms with E-state index in [4.69, 9.17) is 34.8 Å². The molecular weight excluding hydrogens is 492 g/mol. The number of amides is 2. The Morgan fingerprint density at radius 2 is 1.73 bits per heavy atom. The summed E-state index contributed by atoms with van der Waals surface area (Å²) in [7, 11) is 0. The molecule has 0 bridgehead atoms. The standard InChI is InChI=1S/C22H21Cl3FN5O2/c1-12(22(2,3)33)28-20-27-11-10-17(29-20)31(14-6-4-13(26)5-7-14)21(32)30-19-16(24)9-8-15(23)18(19)25/h4-12,33H,1-3H3,(H,30,32)(H,27,28,29). The molecule has 2 aromatic carbocycles. The van der Waals surface area contributed by atoms with Gasteiger partial charge >= 0.3 is 6.03 Å². The number of hydrogen-bond acceptors (Lipinski definition) is 5. The smallest absolute Gasteiger partial charge is 0.332 e. The van der Waals surface area contributed by atoms with Gasteiger partial charge in [0, 0.05) is 12.3 Å². The summed E-state index contributed by atoms with van der Waals surface area (Å²) in [6.45, 7) is 5.06. The van der Waals surface area contributed by atoms with Crippen molar-refractivity contribution < 1.29 is 14.3 Å². The summed E-state index contributed by atoms with van der Waals surface area (Å²) in [6, 6.07) is 8.71. The SMILES string of the molecule is CC(Nc1nccc(N(C(=O)Nc2c(Cl)ccc(Cl)c2Cl)c2ccc(F)cc2)n1)C(C)(C)O. The van der Waals surface area contributed by atoms with Crippen molar-refractivity contribution >= 4 is 64.0 Å². The van der Waals surface area contributed by atoms with Crippen molar-refractivity contribution in [1.29, 1.82) is 0 Å². The fraction of sp³-hybridized carbons (Fsp3) is 0.227. The third kappa shape index (κ3) is 6.03. The van der Waals surface area contributed by atoms with E-state index in [0.29, 0.717) is 5.69 Å². The van der Waals surface area contributed by atoms with Crippen LogP contribution in [0.4, 0.5) is 32.3 Å². The van der Waals surface area contributed by atoms with E-state index in [1.54, 1.807) is 20.8 Å². The highest BCUT2D eigenvalue weighted by atomic mass is 35.5. The predicted molar refractivity (Wildman–Crippen MR) is 130 cm³/mol. The van der Waals surface area contributed by atoms with E-state index in [1.807, 2.05) is 0 Å². The number of halogens is 4. The van der Waals surface area contributed by atoms with E-state index < -0.39 is 23.5 Å². The second-order valence-corrected chi connectivity index (χ2v) is 8.91. The van der Waals surface area contributed by atoms with Crippen molar-refractivity contribution in [2.24, 2.45) is 0 Å². The first-order valence-electron chi connectivity index (χ1n) is 9.79. The van der Waals surface area contributed by atoms with Gasteiger partial charge in [-0.05, 0) is 57.2 Å². The van der Waals surface area contributed by atoms with Crippen LogP contribution in [0.5, 0.6) is 0 Å². The Labute approximate surface area is 205 Å². The van der Waals surface area contributed by atoms with Gasteiger partial charge in [0.15, 0.2) is 0 Å². The maximum atomic E-state index is 13.5. The molecule has 1 aromatic heterocycles. The maximum Gasteiger partial charge on any atom is 0.332 e. The lowest BCUT2D eigenvalue weighted by molar-refractivity contribution is 0.0646. The van der Waals surface area contributed by atoms with Gasteiger partial charge in [-0.2, -0.15) is 4.98 Å². The lowest BCUT2D eigenvalue weighted by Gasteiger charge is -2.27. The number of nitrogens with one attached hydrogen (secondary N) is 2. The maximum absolute atomic E-state index is 13.5. The Kier molecular flexibility index (Phi) is 7.64. The Hall–Kier alpha value is -2.65. The third-order valence-electron chi connectivity index (χ3n) is 4.84. The lowest BCUT2D eigenvalue weighted by atomic mass is 10.0. The number of benzene rings is 2. The van der Waals surface area contributed by atoms with Crippen LogP contribution in [-0.4, -0.2) is 32.7 Å². The van der Waals surface area contributed by atoms with Crippen molar-refractivity contribution in [3.05, 3.63) is 69.5 Å². The molecule has 2 amide bonds. The molecule has 0 spiro atoms. The largest absolute Gasteiger partial charge is 0.388 e. The van der Waals surface area contributed by atoms with Crippen LogP contribution in [0.3, 0.4) is 0 Å². The number of anilines is 4. The molecule has 33 heavy (non-hydrogen) atoms. The molecule has 0 aliphatic carbocycles. The summed E-state index contributed by atoms with van der Waals surface area (Å²) < 4.78 is 13.5. The minimum absolute atomic E-state index is 0.0700. The van der Waals surface area contributed by atoms with Crippen molar-refractivity contribution in [3.63, 3.8) is 0 Å². The monoisotopic (exact) mass is 511 g/mol. The average Bonchev–Trinajstić information content (AvgIpc) is 2.75. The Morgan fingerprint density at radius 1 is 1.09 bits per heavy atom. The number of urea groups is 1. The second kappa shape index (κ2) is 10.1. The molecule has 1 unspecified atom stereocenters. The molecule has 0 aliphatic rings. The van der Waals surface area contributed by atoms with Gasteiger partial charge in [-0.3, -0.25) is 0 Å². The van der Waals surface area contributed by atoms with Crippen LogP contribution < -0.4 is 15.5 Å². The zero-order valence-electron chi connectivity index (χ0n) is 17.9. The summed E-state index contributed by atoms with van der Waals surface area (Å²) in [4.78, 5) is 23.1. The topological polar surface area (TPSA) is 90.4 Å². The molecule has 0 radical (unpaired) electrons. The highest BCUT2D eigenvalue weighted by Crippen LogP contribution is 2.37. The first kappa shape index (κ1) is 25.0. The van der Waals surface area contributed by atoms with Crippen molar-refractivity contribution in [2.45, 2.75) is 32.4 Å². The first-order valence-corrected chi connectivity index (χ1v) is 10.9. The van der Waals surface area contributed by atoms with E-state index in [9.17, 15) is 14.3 Å². The average molecular weight is 513 g/mol. The molecule has 1 atom stereocenters. The molecule has 0 saturated carbocycles. The Morgan fingerprint density at radius 3 is 2.36 bits per heavy atom. The zero-order chi connectivity index (χ0) is 24.3. The summed E-state index contributed by atoms with van der Waals surface area (Å²) in [5, 5.41) is 16.3. The summed E-state index contributed by atoms with van der Waals surface area (Å²) >= 11 is 18.5. The van der Waals surface area contributed by atoms with Crippen LogP contribution >= 0.6 is 34.8 Å². The van der Waals surface area contributed by atoms with Gasteiger partial charge in [0.1, 0.15) is 11.6 Å². The van der Waals surface area contributed by atoms with Crippen LogP contribution in [0.15, 0.2) is 48.7 Å². The van der Waals surface area contributed by atoms with Gasteiger partial charge in [-0.25, -0.2) is 19.1 Å². The molecule has 0 saturated heterocycles. The van der Waals surface area contributed by atoms with Gasteiger partial charge in [-0.1, -0.05) is 34.8 Å². The van der Waals surface area contributed by atoms with Crippen molar-refractivity contribution in [1.82, 2.24) is 9.97 Å². The minimum atomic E-state index is -1.05. The van der Waals surface area contributed by atoms with Crippen molar-refractivity contribution in [2.75, 3.05) is 15.5 Å². The summed E-state index contributed by atoms with van der Waals surface area (Å²) in [6.07, 6.45) is 1.45. The molecule has 7 nitrogen and oxygen atoms in total. The fourth-order valence-electron chi connectivity index (χ4n) is 2.66. The minimum Gasteiger partial charge on any atom is -0.388 e. The van der Waals surface area contributed by atoms with E-state index in [1.165, 1.54) is 53.6 Å². The molecule has 3 aromatic rings. The van der Waals surface area contributed by atoms with E-state index in [-0.39, 0.29) is 32.5 Å². The number of nitrogens with zero attached hydrogens (tertiary/aromatic N) is 3. The first-order chi connectivity index (χ1) is 15.5. The highest BCUT2D eigenvalue weighted by molar-refractivity contribution is 6.46. The van der Waals surface area contributed by atoms with Gasteiger partial charge in [0.05, 0.1) is 38.1 Å². The van der Waals surface area contributed by atoms with E-state index in [2.05, 4.69) is 20.6 Å². The number of hydrogen-bond donors (Lipinski definition) is 3. The van der Waals surface area contributed by atoms with E-state index >= 15 is 0 Å². The van der Waals surface area contributed by atoms with E-state index in [0.717, 1.165) is 0 Å². The Balaban J connectivity index is 2.01. The molecule has 3 N–H and O–H groups in total. The van der Waals surface area contributed by atoms with Crippen LogP contribution in [0, 0.1) is 5.82 Å². The highest BCUT2D eigenvalue weighted by Gasteiger charge is 2.25. The lowest BCUT2D eigenvalue weighted by Crippen LogP contribution is -2.40. The number of carbonyl (C=O) groups is 1. The van der Waals surface area contributed by atoms with Crippen LogP contribution in [0.25, 0.3) is 0 Å². The molecule has 1 heterocycles. The molecule has 3 rings (SSSR count). The van der Waals surface area contributed by atoms with Gasteiger partial charge in [0.25, 0.3) is 0 Å². The number of carbonyl (C=O) groups excluding carboxylic acids is 1. The zero-order valence-corrected chi connectivity index (χ0v) is 20.2. The van der Waals surface area contributed by atoms with Crippen molar-refractivity contribution in [3.8, 4) is 0 Å². The quantitative estimate of drug-likeness (QED) is 0.327. The molecule has 0 aliphatic heterocycles. The summed E-state index contributed by atoms with van der Waals surface area (Å²) in [5.41, 5.74) is -0.609. The van der Waals surface area contributed by atoms with Gasteiger partial charge in [0.2, 0.25) is 5.95 Å². The number of aliphatic hydroxyl groups is 1. The van der Waals surface area contributed by atoms with Crippen LogP contribution in [0.2, 0.25) is 15.1 Å². The fourth-order valence-corrected chi connectivity index (χ4v) is 3.28.